The van der Waals surface area contributed by atoms with E-state index in [4.69, 9.17) is 0 Å². The first kappa shape index (κ1) is 23.7. The van der Waals surface area contributed by atoms with E-state index in [1.54, 1.807) is 0 Å². The molecular formula is C14H27Cl2F3N4O. The van der Waals surface area contributed by atoms with E-state index in [0.29, 0.717) is 39.1 Å². The van der Waals surface area contributed by atoms with Crippen molar-refractivity contribution in [1.29, 1.82) is 0 Å². The maximum Gasteiger partial charge on any atom is 0.403 e. The fourth-order valence-corrected chi connectivity index (χ4v) is 2.91. The van der Waals surface area contributed by atoms with E-state index in [1.165, 1.54) is 11.8 Å². The van der Waals surface area contributed by atoms with Crippen molar-refractivity contribution in [2.75, 3.05) is 58.9 Å². The number of amides is 1. The molecule has 24 heavy (non-hydrogen) atoms. The third-order valence-corrected chi connectivity index (χ3v) is 4.54. The van der Waals surface area contributed by atoms with Crippen molar-refractivity contribution in [3.63, 3.8) is 0 Å². The molecule has 2 rings (SSSR count). The van der Waals surface area contributed by atoms with Crippen molar-refractivity contribution in [2.24, 2.45) is 0 Å². The van der Waals surface area contributed by atoms with Crippen LogP contribution in [0.4, 0.5) is 13.2 Å². The Morgan fingerprint density at radius 2 is 1.58 bits per heavy atom. The Hall–Kier alpha value is -0.280. The zero-order valence-corrected chi connectivity index (χ0v) is 15.5. The average molecular weight is 395 g/mol. The molecule has 2 aliphatic rings. The monoisotopic (exact) mass is 394 g/mol. The van der Waals surface area contributed by atoms with Gasteiger partial charge in [0, 0.05) is 65.3 Å². The van der Waals surface area contributed by atoms with Gasteiger partial charge in [0.1, 0.15) is 6.04 Å². The summed E-state index contributed by atoms with van der Waals surface area (Å²) in [5.41, 5.74) is 0. The van der Waals surface area contributed by atoms with E-state index in [9.17, 15) is 18.0 Å². The van der Waals surface area contributed by atoms with Crippen LogP contribution in [0.3, 0.4) is 0 Å². The first-order chi connectivity index (χ1) is 10.4. The molecule has 2 fully saturated rings. The summed E-state index contributed by atoms with van der Waals surface area (Å²) in [5.74, 6) is 0.146. The minimum Gasteiger partial charge on any atom is -0.340 e. The topological polar surface area (TPSA) is 38.8 Å². The minimum absolute atomic E-state index is 0. The number of nitrogens with zero attached hydrogens (tertiary/aromatic N) is 3. The van der Waals surface area contributed by atoms with Gasteiger partial charge < -0.3 is 15.1 Å². The summed E-state index contributed by atoms with van der Waals surface area (Å²) >= 11 is 0. The normalized spacial score (nSPS) is 21.6. The Morgan fingerprint density at radius 3 is 2.08 bits per heavy atom. The lowest BCUT2D eigenvalue weighted by Crippen LogP contribution is -2.54. The minimum atomic E-state index is -4.17. The van der Waals surface area contributed by atoms with Crippen molar-refractivity contribution in [3.05, 3.63) is 0 Å². The van der Waals surface area contributed by atoms with E-state index in [-0.39, 0.29) is 30.7 Å². The molecular weight excluding hydrogens is 368 g/mol. The molecule has 1 atom stereocenters. The van der Waals surface area contributed by atoms with Crippen LogP contribution in [0.1, 0.15) is 13.3 Å². The van der Waals surface area contributed by atoms with E-state index in [0.717, 1.165) is 26.2 Å². The van der Waals surface area contributed by atoms with Gasteiger partial charge in [0.25, 0.3) is 0 Å². The molecule has 144 valence electrons. The summed E-state index contributed by atoms with van der Waals surface area (Å²) in [7, 11) is 0. The number of carbonyl (C=O) groups is 1. The molecule has 2 heterocycles. The van der Waals surface area contributed by atoms with E-state index >= 15 is 0 Å². The van der Waals surface area contributed by atoms with Crippen molar-refractivity contribution in [2.45, 2.75) is 25.6 Å². The highest BCUT2D eigenvalue weighted by molar-refractivity contribution is 5.85. The maximum atomic E-state index is 12.7. The molecule has 1 N–H and O–H groups in total. The Morgan fingerprint density at radius 1 is 1.04 bits per heavy atom. The lowest BCUT2D eigenvalue weighted by Gasteiger charge is -2.38. The van der Waals surface area contributed by atoms with E-state index < -0.39 is 12.2 Å². The number of halogens is 5. The summed E-state index contributed by atoms with van der Waals surface area (Å²) in [6.07, 6.45) is -3.71. The average Bonchev–Trinajstić information content (AvgIpc) is 2.52. The van der Waals surface area contributed by atoms with Gasteiger partial charge in [-0.25, -0.2) is 0 Å². The Kier molecular flexibility index (Phi) is 10.5. The molecule has 2 saturated heterocycles. The number of carbonyl (C=O) groups excluding carboxylic acids is 1. The number of hydrogen-bond donors (Lipinski definition) is 1. The smallest absolute Gasteiger partial charge is 0.340 e. The highest BCUT2D eigenvalue weighted by atomic mass is 35.5. The lowest BCUT2D eigenvalue weighted by molar-refractivity contribution is -0.182. The van der Waals surface area contributed by atoms with Gasteiger partial charge in [-0.15, -0.1) is 24.8 Å². The molecule has 1 amide bonds. The van der Waals surface area contributed by atoms with Crippen LogP contribution in [0.15, 0.2) is 0 Å². The van der Waals surface area contributed by atoms with E-state index in [1.807, 2.05) is 4.90 Å². The second-order valence-electron chi connectivity index (χ2n) is 5.98. The van der Waals surface area contributed by atoms with Crippen molar-refractivity contribution < 1.29 is 18.0 Å². The lowest BCUT2D eigenvalue weighted by atomic mass is 10.2. The third kappa shape index (κ3) is 6.92. The molecule has 0 aliphatic carbocycles. The van der Waals surface area contributed by atoms with Crippen LogP contribution < -0.4 is 5.32 Å². The van der Waals surface area contributed by atoms with Gasteiger partial charge in [-0.3, -0.25) is 9.69 Å². The van der Waals surface area contributed by atoms with Crippen LogP contribution in [-0.4, -0.2) is 91.7 Å². The summed E-state index contributed by atoms with van der Waals surface area (Å²) < 4.78 is 38.0. The van der Waals surface area contributed by atoms with Crippen LogP contribution in [-0.2, 0) is 4.79 Å². The van der Waals surface area contributed by atoms with Crippen molar-refractivity contribution in [3.8, 4) is 0 Å². The molecule has 0 aromatic rings. The van der Waals surface area contributed by atoms with Gasteiger partial charge in [-0.05, 0) is 6.92 Å². The Bertz CT molecular complexity index is 374. The molecule has 0 bridgehead atoms. The van der Waals surface area contributed by atoms with Crippen LogP contribution >= 0.6 is 24.8 Å². The van der Waals surface area contributed by atoms with Gasteiger partial charge >= 0.3 is 6.18 Å². The number of nitrogens with one attached hydrogen (secondary N) is 1. The summed E-state index contributed by atoms with van der Waals surface area (Å²) in [6, 6.07) is -1.39. The van der Waals surface area contributed by atoms with E-state index in [2.05, 4.69) is 10.2 Å². The van der Waals surface area contributed by atoms with Crippen LogP contribution in [0, 0.1) is 0 Å². The Balaban J connectivity index is 0.00000264. The van der Waals surface area contributed by atoms with Gasteiger partial charge in [0.05, 0.1) is 0 Å². The van der Waals surface area contributed by atoms with Gasteiger partial charge in [-0.2, -0.15) is 13.2 Å². The number of hydrogen-bond acceptors (Lipinski definition) is 4. The summed E-state index contributed by atoms with van der Waals surface area (Å²) in [5, 5.41) is 3.20. The van der Waals surface area contributed by atoms with Gasteiger partial charge in [-0.1, -0.05) is 0 Å². The number of alkyl halides is 3. The molecule has 1 unspecified atom stereocenters. The summed E-state index contributed by atoms with van der Waals surface area (Å²) in [4.78, 5) is 17.5. The highest BCUT2D eigenvalue weighted by Crippen LogP contribution is 2.25. The number of piperazine rings is 2. The van der Waals surface area contributed by atoms with Gasteiger partial charge in [0.15, 0.2) is 0 Å². The van der Waals surface area contributed by atoms with Crippen molar-refractivity contribution in [1.82, 2.24) is 20.0 Å². The molecule has 0 radical (unpaired) electrons. The Labute approximate surface area is 153 Å². The first-order valence-electron chi connectivity index (χ1n) is 7.89. The van der Waals surface area contributed by atoms with Crippen LogP contribution in [0.25, 0.3) is 0 Å². The molecule has 2 aliphatic heterocycles. The number of rotatable bonds is 4. The molecule has 10 heteroatoms. The van der Waals surface area contributed by atoms with Crippen LogP contribution in [0.5, 0.6) is 0 Å². The summed E-state index contributed by atoms with van der Waals surface area (Å²) in [6.45, 7) is 7.00. The second-order valence-corrected chi connectivity index (χ2v) is 5.98. The standard InChI is InChI=1S/C14H25F3N4O.2ClH/c1-12(14(15,16)17)20-10-8-19(9-11-20)5-2-13(22)21-6-3-18-4-7-21;;/h12,18H,2-11H2,1H3;2*1H. The fraction of sp³-hybridized carbons (Fsp3) is 0.929. The highest BCUT2D eigenvalue weighted by Gasteiger charge is 2.40. The quantitative estimate of drug-likeness (QED) is 0.777. The molecule has 5 nitrogen and oxygen atoms in total. The molecule has 0 saturated carbocycles. The molecule has 0 aromatic heterocycles. The first-order valence-corrected chi connectivity index (χ1v) is 7.89. The third-order valence-electron chi connectivity index (χ3n) is 4.54. The molecule has 0 spiro atoms. The van der Waals surface area contributed by atoms with Gasteiger partial charge in [0.2, 0.25) is 5.91 Å². The fourth-order valence-electron chi connectivity index (χ4n) is 2.91. The van der Waals surface area contributed by atoms with Crippen LogP contribution in [0.2, 0.25) is 0 Å². The molecule has 0 aromatic carbocycles. The maximum absolute atomic E-state index is 12.7. The predicted octanol–water partition coefficient (Wildman–Crippen LogP) is 1.22. The SMILES string of the molecule is CC(N1CCN(CCC(=O)N2CCNCC2)CC1)C(F)(F)F.Cl.Cl. The zero-order chi connectivity index (χ0) is 16.2. The van der Waals surface area contributed by atoms with Crippen molar-refractivity contribution >= 4 is 30.7 Å². The predicted molar refractivity (Wildman–Crippen MR) is 92.1 cm³/mol. The zero-order valence-electron chi connectivity index (χ0n) is 13.8. The largest absolute Gasteiger partial charge is 0.403 e. The second kappa shape index (κ2) is 10.7.